The predicted octanol–water partition coefficient (Wildman–Crippen LogP) is 2.41. The van der Waals surface area contributed by atoms with Crippen molar-refractivity contribution in [3.8, 4) is 0 Å². The van der Waals surface area contributed by atoms with Crippen LogP contribution in [0.1, 0.15) is 24.4 Å². The van der Waals surface area contributed by atoms with E-state index in [0.29, 0.717) is 12.5 Å². The number of amidine groups is 1. The van der Waals surface area contributed by atoms with Crippen LogP contribution in [0, 0.1) is 18.3 Å². The number of rotatable bonds is 3. The summed E-state index contributed by atoms with van der Waals surface area (Å²) >= 11 is 0. The van der Waals surface area contributed by atoms with Gasteiger partial charge < -0.3 is 9.32 Å². The molecule has 1 saturated carbocycles. The fourth-order valence-corrected chi connectivity index (χ4v) is 1.56. The zero-order chi connectivity index (χ0) is 10.1. The van der Waals surface area contributed by atoms with Gasteiger partial charge in [0.1, 0.15) is 11.5 Å². The maximum Gasteiger partial charge on any atom is 0.123 e. The summed E-state index contributed by atoms with van der Waals surface area (Å²) in [6.45, 7) is 2.65. The Morgan fingerprint density at radius 1 is 1.57 bits per heavy atom. The van der Waals surface area contributed by atoms with Gasteiger partial charge in [0, 0.05) is 13.0 Å². The summed E-state index contributed by atoms with van der Waals surface area (Å²) in [4.78, 5) is 1.97. The molecule has 3 nitrogen and oxygen atoms in total. The Hall–Kier alpha value is -1.25. The molecule has 0 unspecified atom stereocenters. The van der Waals surface area contributed by atoms with Crippen LogP contribution >= 0.6 is 0 Å². The van der Waals surface area contributed by atoms with Crippen molar-refractivity contribution in [1.82, 2.24) is 4.90 Å². The van der Waals surface area contributed by atoms with Gasteiger partial charge in [0.15, 0.2) is 0 Å². The minimum Gasteiger partial charge on any atom is -0.464 e. The summed E-state index contributed by atoms with van der Waals surface area (Å²) in [6, 6.07) is 3.94. The third-order valence-electron chi connectivity index (χ3n) is 2.56. The Morgan fingerprint density at radius 2 is 2.29 bits per heavy atom. The van der Waals surface area contributed by atoms with Crippen LogP contribution in [0.25, 0.3) is 0 Å². The number of aryl methyl sites for hydroxylation is 1. The van der Waals surface area contributed by atoms with Crippen molar-refractivity contribution in [2.24, 2.45) is 5.92 Å². The second kappa shape index (κ2) is 3.48. The Balaban J connectivity index is 1.93. The Morgan fingerprint density at radius 3 is 2.79 bits per heavy atom. The van der Waals surface area contributed by atoms with Gasteiger partial charge >= 0.3 is 0 Å². The SMILES string of the molecule is Cc1ccc(CN(C)C(=N)C2CC2)o1. The molecule has 76 valence electrons. The first-order chi connectivity index (χ1) is 6.66. The van der Waals surface area contributed by atoms with E-state index >= 15 is 0 Å². The molecule has 0 saturated heterocycles. The molecule has 1 heterocycles. The maximum atomic E-state index is 7.85. The van der Waals surface area contributed by atoms with E-state index in [1.807, 2.05) is 31.0 Å². The van der Waals surface area contributed by atoms with Crippen molar-refractivity contribution < 1.29 is 4.42 Å². The van der Waals surface area contributed by atoms with Crippen LogP contribution in [-0.2, 0) is 6.54 Å². The summed E-state index contributed by atoms with van der Waals surface area (Å²) in [5, 5.41) is 7.85. The molecule has 1 N–H and O–H groups in total. The minimum atomic E-state index is 0.510. The van der Waals surface area contributed by atoms with Crippen LogP contribution in [0.15, 0.2) is 16.5 Å². The summed E-state index contributed by atoms with van der Waals surface area (Å²) in [5.74, 6) is 3.14. The summed E-state index contributed by atoms with van der Waals surface area (Å²) in [5.41, 5.74) is 0. The summed E-state index contributed by atoms with van der Waals surface area (Å²) in [6.07, 6.45) is 2.36. The van der Waals surface area contributed by atoms with Gasteiger partial charge in [0.25, 0.3) is 0 Å². The number of nitrogens with zero attached hydrogens (tertiary/aromatic N) is 1. The molecule has 1 aromatic heterocycles. The lowest BCUT2D eigenvalue weighted by Crippen LogP contribution is -2.26. The van der Waals surface area contributed by atoms with E-state index in [1.54, 1.807) is 0 Å². The summed E-state index contributed by atoms with van der Waals surface area (Å²) in [7, 11) is 1.96. The van der Waals surface area contributed by atoms with Crippen LogP contribution in [0.4, 0.5) is 0 Å². The van der Waals surface area contributed by atoms with Crippen LogP contribution < -0.4 is 0 Å². The van der Waals surface area contributed by atoms with Crippen LogP contribution in [-0.4, -0.2) is 17.8 Å². The Labute approximate surface area is 84.2 Å². The van der Waals surface area contributed by atoms with Crippen molar-refractivity contribution >= 4 is 5.84 Å². The standard InChI is InChI=1S/C11H16N2O/c1-8-3-6-10(14-8)7-13(2)11(12)9-4-5-9/h3,6,9,12H,4-5,7H2,1-2H3. The summed E-state index contributed by atoms with van der Waals surface area (Å²) < 4.78 is 5.47. The van der Waals surface area contributed by atoms with Crippen LogP contribution in [0.2, 0.25) is 0 Å². The number of hydrogen-bond donors (Lipinski definition) is 1. The molecular formula is C11H16N2O. The van der Waals surface area contributed by atoms with E-state index in [-0.39, 0.29) is 0 Å². The lowest BCUT2D eigenvalue weighted by molar-refractivity contribution is 0.392. The van der Waals surface area contributed by atoms with E-state index in [4.69, 9.17) is 9.83 Å². The highest BCUT2D eigenvalue weighted by molar-refractivity contribution is 5.83. The van der Waals surface area contributed by atoms with Gasteiger partial charge in [-0.05, 0) is 31.9 Å². The molecule has 1 aliphatic carbocycles. The Kier molecular flexibility index (Phi) is 2.32. The van der Waals surface area contributed by atoms with Gasteiger partial charge in [-0.15, -0.1) is 0 Å². The normalized spacial score (nSPS) is 15.6. The molecule has 1 aliphatic rings. The molecule has 0 aromatic carbocycles. The molecule has 0 amide bonds. The van der Waals surface area contributed by atoms with Crippen molar-refractivity contribution in [3.63, 3.8) is 0 Å². The number of nitrogens with one attached hydrogen (secondary N) is 1. The van der Waals surface area contributed by atoms with E-state index < -0.39 is 0 Å². The fraction of sp³-hybridized carbons (Fsp3) is 0.545. The zero-order valence-corrected chi connectivity index (χ0v) is 8.71. The highest BCUT2D eigenvalue weighted by Crippen LogP contribution is 2.31. The lowest BCUT2D eigenvalue weighted by Gasteiger charge is -2.18. The monoisotopic (exact) mass is 192 g/mol. The molecule has 0 bridgehead atoms. The van der Waals surface area contributed by atoms with E-state index in [0.717, 1.165) is 17.4 Å². The second-order valence-corrected chi connectivity index (χ2v) is 4.03. The average molecular weight is 192 g/mol. The maximum absolute atomic E-state index is 7.85. The molecule has 0 aliphatic heterocycles. The molecule has 0 radical (unpaired) electrons. The van der Waals surface area contributed by atoms with E-state index in [1.165, 1.54) is 12.8 Å². The first-order valence-corrected chi connectivity index (χ1v) is 5.01. The molecule has 1 aromatic rings. The van der Waals surface area contributed by atoms with Gasteiger partial charge in [-0.1, -0.05) is 0 Å². The molecule has 0 spiro atoms. The van der Waals surface area contributed by atoms with Crippen molar-refractivity contribution in [3.05, 3.63) is 23.7 Å². The quantitative estimate of drug-likeness (QED) is 0.590. The topological polar surface area (TPSA) is 40.2 Å². The van der Waals surface area contributed by atoms with Gasteiger partial charge in [0.2, 0.25) is 0 Å². The lowest BCUT2D eigenvalue weighted by atomic mass is 10.3. The van der Waals surface area contributed by atoms with Crippen molar-refractivity contribution in [2.45, 2.75) is 26.3 Å². The largest absolute Gasteiger partial charge is 0.464 e. The zero-order valence-electron chi connectivity index (χ0n) is 8.71. The third kappa shape index (κ3) is 1.97. The van der Waals surface area contributed by atoms with Crippen molar-refractivity contribution in [2.75, 3.05) is 7.05 Å². The first-order valence-electron chi connectivity index (χ1n) is 5.01. The number of hydrogen-bond acceptors (Lipinski definition) is 2. The fourth-order valence-electron chi connectivity index (χ4n) is 1.56. The van der Waals surface area contributed by atoms with Gasteiger partial charge in [-0.2, -0.15) is 0 Å². The third-order valence-corrected chi connectivity index (χ3v) is 2.56. The highest BCUT2D eigenvalue weighted by atomic mass is 16.3. The molecular weight excluding hydrogens is 176 g/mol. The highest BCUT2D eigenvalue weighted by Gasteiger charge is 2.28. The van der Waals surface area contributed by atoms with Crippen LogP contribution in [0.3, 0.4) is 0 Å². The van der Waals surface area contributed by atoms with Crippen molar-refractivity contribution in [1.29, 1.82) is 5.41 Å². The van der Waals surface area contributed by atoms with Gasteiger partial charge in [0.05, 0.1) is 12.4 Å². The van der Waals surface area contributed by atoms with E-state index in [9.17, 15) is 0 Å². The Bertz CT molecular complexity index is 339. The van der Waals surface area contributed by atoms with E-state index in [2.05, 4.69) is 0 Å². The van der Waals surface area contributed by atoms with Gasteiger partial charge in [-0.25, -0.2) is 0 Å². The van der Waals surface area contributed by atoms with Crippen LogP contribution in [0.5, 0.6) is 0 Å². The average Bonchev–Trinajstić information content (AvgIpc) is 2.91. The first kappa shape index (κ1) is 9.31. The molecule has 0 atom stereocenters. The molecule has 14 heavy (non-hydrogen) atoms. The smallest absolute Gasteiger partial charge is 0.123 e. The molecule has 1 fully saturated rings. The minimum absolute atomic E-state index is 0.510. The molecule has 3 heteroatoms. The predicted molar refractivity (Wildman–Crippen MR) is 55.4 cm³/mol. The number of furan rings is 1. The second-order valence-electron chi connectivity index (χ2n) is 4.03. The molecule has 2 rings (SSSR count). The van der Waals surface area contributed by atoms with Gasteiger partial charge in [-0.3, -0.25) is 5.41 Å².